The molecule has 2 unspecified atom stereocenters. The number of nitrogens with zero attached hydrogens (tertiary/aromatic N) is 2. The van der Waals surface area contributed by atoms with Gasteiger partial charge in [-0.05, 0) is 36.5 Å². The van der Waals surface area contributed by atoms with Crippen LogP contribution in [0.5, 0.6) is 5.75 Å². The molecule has 8 heteroatoms. The second kappa shape index (κ2) is 5.93. The number of anilines is 1. The SMILES string of the molecule is N#Cc1ccc(NC(=S)N[C@@H]2C3COc4c(F)ccc(F)c4C32)nc1. The van der Waals surface area contributed by atoms with Gasteiger partial charge in [0.2, 0.25) is 0 Å². The molecule has 126 valence electrons. The molecule has 1 aliphatic carbocycles. The molecule has 0 amide bonds. The fraction of sp³-hybridized carbons (Fsp3) is 0.235. The zero-order chi connectivity index (χ0) is 17.6. The summed E-state index contributed by atoms with van der Waals surface area (Å²) in [5, 5.41) is 15.1. The first-order valence-electron chi connectivity index (χ1n) is 7.63. The lowest BCUT2D eigenvalue weighted by Crippen LogP contribution is -2.32. The van der Waals surface area contributed by atoms with Gasteiger partial charge in [-0.2, -0.15) is 5.26 Å². The summed E-state index contributed by atoms with van der Waals surface area (Å²) in [7, 11) is 0. The van der Waals surface area contributed by atoms with E-state index < -0.39 is 11.6 Å². The number of thiocarbonyl (C=S) groups is 1. The van der Waals surface area contributed by atoms with E-state index in [0.717, 1.165) is 12.1 Å². The van der Waals surface area contributed by atoms with Crippen molar-refractivity contribution in [1.82, 2.24) is 10.3 Å². The van der Waals surface area contributed by atoms with Gasteiger partial charge in [-0.25, -0.2) is 13.8 Å². The maximum atomic E-state index is 14.1. The fourth-order valence-electron chi connectivity index (χ4n) is 3.20. The first-order valence-corrected chi connectivity index (χ1v) is 8.03. The minimum Gasteiger partial charge on any atom is -0.490 e. The number of hydrogen-bond acceptors (Lipinski definition) is 4. The van der Waals surface area contributed by atoms with Crippen molar-refractivity contribution in [1.29, 1.82) is 5.26 Å². The molecule has 25 heavy (non-hydrogen) atoms. The van der Waals surface area contributed by atoms with Gasteiger partial charge < -0.3 is 15.4 Å². The lowest BCUT2D eigenvalue weighted by Gasteiger charge is -2.16. The molecule has 2 heterocycles. The molecule has 0 spiro atoms. The molecule has 0 bridgehead atoms. The predicted molar refractivity (Wildman–Crippen MR) is 90.2 cm³/mol. The monoisotopic (exact) mass is 358 g/mol. The molecule has 1 aromatic carbocycles. The highest BCUT2D eigenvalue weighted by Gasteiger charge is 2.57. The number of rotatable bonds is 2. The van der Waals surface area contributed by atoms with E-state index in [0.29, 0.717) is 23.1 Å². The predicted octanol–water partition coefficient (Wildman–Crippen LogP) is 2.69. The zero-order valence-corrected chi connectivity index (χ0v) is 13.6. The number of aromatic nitrogens is 1. The number of nitrogens with one attached hydrogen (secondary N) is 2. The summed E-state index contributed by atoms with van der Waals surface area (Å²) < 4.78 is 33.3. The summed E-state index contributed by atoms with van der Waals surface area (Å²) in [4.78, 5) is 4.07. The van der Waals surface area contributed by atoms with Crippen molar-refractivity contribution in [2.24, 2.45) is 5.92 Å². The van der Waals surface area contributed by atoms with Gasteiger partial charge in [-0.15, -0.1) is 0 Å². The fourth-order valence-corrected chi connectivity index (χ4v) is 3.44. The number of fused-ring (bicyclic) bond motifs is 3. The summed E-state index contributed by atoms with van der Waals surface area (Å²) in [5.41, 5.74) is 0.719. The summed E-state index contributed by atoms with van der Waals surface area (Å²) in [6, 6.07) is 7.31. The van der Waals surface area contributed by atoms with Gasteiger partial charge in [0.1, 0.15) is 17.7 Å². The lowest BCUT2D eigenvalue weighted by molar-refractivity contribution is 0.260. The van der Waals surface area contributed by atoms with Crippen LogP contribution in [0.4, 0.5) is 14.6 Å². The molecule has 4 rings (SSSR count). The minimum absolute atomic E-state index is 0.00168. The topological polar surface area (TPSA) is 70.0 Å². The Morgan fingerprint density at radius 1 is 1.28 bits per heavy atom. The van der Waals surface area contributed by atoms with Crippen molar-refractivity contribution >= 4 is 23.1 Å². The van der Waals surface area contributed by atoms with Gasteiger partial charge in [0, 0.05) is 29.6 Å². The van der Waals surface area contributed by atoms with Crippen LogP contribution in [-0.4, -0.2) is 22.7 Å². The van der Waals surface area contributed by atoms with Gasteiger partial charge >= 0.3 is 0 Å². The lowest BCUT2D eigenvalue weighted by atomic mass is 10.0. The molecular weight excluding hydrogens is 346 g/mol. The highest BCUT2D eigenvalue weighted by molar-refractivity contribution is 7.80. The third kappa shape index (κ3) is 2.76. The number of halogens is 2. The van der Waals surface area contributed by atoms with Crippen molar-refractivity contribution < 1.29 is 13.5 Å². The molecule has 0 radical (unpaired) electrons. The van der Waals surface area contributed by atoms with Crippen molar-refractivity contribution in [2.45, 2.75) is 12.0 Å². The quantitative estimate of drug-likeness (QED) is 0.805. The molecule has 5 nitrogen and oxygen atoms in total. The minimum atomic E-state index is -0.553. The van der Waals surface area contributed by atoms with E-state index in [1.807, 2.05) is 6.07 Å². The van der Waals surface area contributed by atoms with E-state index >= 15 is 0 Å². The Balaban J connectivity index is 1.45. The average molecular weight is 358 g/mol. The van der Waals surface area contributed by atoms with Crippen LogP contribution in [0.2, 0.25) is 0 Å². The second-order valence-electron chi connectivity index (χ2n) is 5.94. The van der Waals surface area contributed by atoms with Gasteiger partial charge in [0.15, 0.2) is 16.7 Å². The number of pyridine rings is 1. The van der Waals surface area contributed by atoms with E-state index in [9.17, 15) is 8.78 Å². The van der Waals surface area contributed by atoms with E-state index in [1.165, 1.54) is 6.20 Å². The van der Waals surface area contributed by atoms with E-state index in [4.69, 9.17) is 22.2 Å². The number of ether oxygens (including phenoxy) is 1. The van der Waals surface area contributed by atoms with E-state index in [1.54, 1.807) is 12.1 Å². The standard InChI is InChI=1S/C17H12F2N4OS/c18-10-2-3-11(19)16-14(10)13-9(7-24-16)15(13)23-17(25)22-12-4-1-8(5-20)6-21-12/h1-4,6,9,13,15H,7H2,(H2,21,22,23,25)/t9?,13?,15-/m1/s1. The van der Waals surface area contributed by atoms with Crippen LogP contribution in [0.25, 0.3) is 0 Å². The Hall–Kier alpha value is -2.79. The van der Waals surface area contributed by atoms with Crippen LogP contribution in [0.1, 0.15) is 17.0 Å². The van der Waals surface area contributed by atoms with Crippen molar-refractivity contribution in [3.8, 4) is 11.8 Å². The number of hydrogen-bond donors (Lipinski definition) is 2. The Labute approximate surface area is 147 Å². The second-order valence-corrected chi connectivity index (χ2v) is 6.35. The van der Waals surface area contributed by atoms with Gasteiger partial charge in [-0.3, -0.25) is 0 Å². The molecule has 3 atom stereocenters. The smallest absolute Gasteiger partial charge is 0.172 e. The van der Waals surface area contributed by atoms with Crippen LogP contribution >= 0.6 is 12.2 Å². The Kier molecular flexibility index (Phi) is 3.73. The van der Waals surface area contributed by atoms with Crippen molar-refractivity contribution in [3.05, 3.63) is 53.2 Å². The first-order chi connectivity index (χ1) is 12.1. The van der Waals surface area contributed by atoms with Crippen LogP contribution in [0.15, 0.2) is 30.5 Å². The summed E-state index contributed by atoms with van der Waals surface area (Å²) >= 11 is 5.26. The summed E-state index contributed by atoms with van der Waals surface area (Å²) in [6.45, 7) is 0.313. The van der Waals surface area contributed by atoms with Crippen LogP contribution in [0.3, 0.4) is 0 Å². The number of benzene rings is 1. The zero-order valence-electron chi connectivity index (χ0n) is 12.8. The van der Waals surface area contributed by atoms with Crippen LogP contribution in [-0.2, 0) is 0 Å². The molecule has 1 aromatic heterocycles. The largest absolute Gasteiger partial charge is 0.490 e. The third-order valence-electron chi connectivity index (χ3n) is 4.45. The molecule has 1 saturated carbocycles. The molecule has 1 fully saturated rings. The molecular formula is C17H12F2N4OS. The highest BCUT2D eigenvalue weighted by atomic mass is 32.1. The molecule has 1 aliphatic heterocycles. The Morgan fingerprint density at radius 3 is 2.80 bits per heavy atom. The maximum absolute atomic E-state index is 14.1. The molecule has 0 saturated heterocycles. The summed E-state index contributed by atoms with van der Waals surface area (Å²) in [6.07, 6.45) is 1.43. The first kappa shape index (κ1) is 15.7. The van der Waals surface area contributed by atoms with Crippen molar-refractivity contribution in [2.75, 3.05) is 11.9 Å². The van der Waals surface area contributed by atoms with Gasteiger partial charge in [-0.1, -0.05) is 0 Å². The highest BCUT2D eigenvalue weighted by Crippen LogP contribution is 2.55. The molecule has 2 aliphatic rings. The third-order valence-corrected chi connectivity index (χ3v) is 4.67. The normalized spacial score (nSPS) is 22.7. The number of nitriles is 1. The van der Waals surface area contributed by atoms with E-state index in [2.05, 4.69) is 15.6 Å². The molecule has 2 aromatic rings. The molecule has 2 N–H and O–H groups in total. The Morgan fingerprint density at radius 2 is 2.08 bits per heavy atom. The summed E-state index contributed by atoms with van der Waals surface area (Å²) in [5.74, 6) is -0.663. The van der Waals surface area contributed by atoms with E-state index in [-0.39, 0.29) is 29.2 Å². The van der Waals surface area contributed by atoms with Gasteiger partial charge in [0.05, 0.1) is 12.2 Å². The maximum Gasteiger partial charge on any atom is 0.172 e. The Bertz CT molecular complexity index is 897. The van der Waals surface area contributed by atoms with Gasteiger partial charge in [0.25, 0.3) is 0 Å². The van der Waals surface area contributed by atoms with Crippen molar-refractivity contribution in [3.63, 3.8) is 0 Å². The average Bonchev–Trinajstić information content (AvgIpc) is 3.31. The van der Waals surface area contributed by atoms with Crippen LogP contribution < -0.4 is 15.4 Å². The van der Waals surface area contributed by atoms with Crippen LogP contribution in [0, 0.1) is 28.9 Å².